The van der Waals surface area contributed by atoms with E-state index in [0.717, 1.165) is 0 Å². The Morgan fingerprint density at radius 3 is 1.60 bits per heavy atom. The molecular formula is C18H13N3O4. The zero-order chi connectivity index (χ0) is 18.0. The van der Waals surface area contributed by atoms with Gasteiger partial charge >= 0.3 is 11.9 Å². The minimum atomic E-state index is -1.01. The van der Waals surface area contributed by atoms with E-state index in [1.165, 1.54) is 24.3 Å². The Hall–Kier alpha value is -3.61. The van der Waals surface area contributed by atoms with Gasteiger partial charge in [-0.3, -0.25) is 0 Å². The van der Waals surface area contributed by atoms with Crippen LogP contribution in [0.15, 0.2) is 48.5 Å². The van der Waals surface area contributed by atoms with Gasteiger partial charge in [-0.1, -0.05) is 24.3 Å². The molecule has 0 spiro atoms. The van der Waals surface area contributed by atoms with Crippen LogP contribution >= 0.6 is 0 Å². The fraction of sp³-hybridized carbons (Fsp3) is 0.0556. The van der Waals surface area contributed by atoms with Gasteiger partial charge in [0.1, 0.15) is 17.2 Å². The Morgan fingerprint density at radius 1 is 0.720 bits per heavy atom. The fourth-order valence-corrected chi connectivity index (χ4v) is 2.34. The number of carboxylic acids is 2. The first-order valence-electron chi connectivity index (χ1n) is 7.34. The summed E-state index contributed by atoms with van der Waals surface area (Å²) in [5.41, 5.74) is 2.75. The predicted octanol–water partition coefficient (Wildman–Crippen LogP) is 2.91. The lowest BCUT2D eigenvalue weighted by molar-refractivity contribution is 0.0686. The summed E-state index contributed by atoms with van der Waals surface area (Å²) in [7, 11) is 0. The van der Waals surface area contributed by atoms with E-state index in [1.54, 1.807) is 31.2 Å². The number of aryl methyl sites for hydroxylation is 1. The number of aromatic nitrogens is 3. The molecule has 0 bridgehead atoms. The molecule has 0 aliphatic carbocycles. The Kier molecular flexibility index (Phi) is 4.21. The van der Waals surface area contributed by atoms with E-state index in [9.17, 15) is 9.59 Å². The Balaban J connectivity index is 2.09. The van der Waals surface area contributed by atoms with Crippen molar-refractivity contribution in [2.24, 2.45) is 0 Å². The van der Waals surface area contributed by atoms with Crippen LogP contribution in [0.2, 0.25) is 0 Å². The van der Waals surface area contributed by atoms with Gasteiger partial charge in [0.05, 0.1) is 11.1 Å². The number of carbonyl (C=O) groups is 2. The molecule has 0 aliphatic rings. The first-order chi connectivity index (χ1) is 12.0. The minimum absolute atomic E-state index is 0.171. The van der Waals surface area contributed by atoms with Crippen molar-refractivity contribution in [1.29, 1.82) is 0 Å². The van der Waals surface area contributed by atoms with Gasteiger partial charge in [-0.15, -0.1) is 10.2 Å². The SMILES string of the molecule is Cc1nnc(-c2ccc(C(=O)O)cc2)c(-c2ccc(C(=O)O)cc2)n1. The number of benzene rings is 2. The number of aromatic carboxylic acids is 2. The van der Waals surface area contributed by atoms with E-state index >= 15 is 0 Å². The van der Waals surface area contributed by atoms with Gasteiger partial charge in [-0.05, 0) is 31.2 Å². The van der Waals surface area contributed by atoms with Crippen LogP contribution in [0, 0.1) is 6.92 Å². The van der Waals surface area contributed by atoms with E-state index in [-0.39, 0.29) is 11.1 Å². The van der Waals surface area contributed by atoms with Crippen molar-refractivity contribution >= 4 is 11.9 Å². The highest BCUT2D eigenvalue weighted by molar-refractivity contribution is 5.90. The number of hydrogen-bond donors (Lipinski definition) is 2. The number of hydrogen-bond acceptors (Lipinski definition) is 5. The molecule has 0 atom stereocenters. The first kappa shape index (κ1) is 16.3. The van der Waals surface area contributed by atoms with Crippen LogP contribution in [-0.2, 0) is 0 Å². The van der Waals surface area contributed by atoms with Crippen molar-refractivity contribution in [2.75, 3.05) is 0 Å². The lowest BCUT2D eigenvalue weighted by atomic mass is 10.0. The van der Waals surface area contributed by atoms with Crippen LogP contribution in [0.5, 0.6) is 0 Å². The molecule has 0 amide bonds. The molecule has 7 nitrogen and oxygen atoms in total. The smallest absolute Gasteiger partial charge is 0.335 e. The minimum Gasteiger partial charge on any atom is -0.478 e. The summed E-state index contributed by atoms with van der Waals surface area (Å²) in [6.45, 7) is 1.71. The number of carboxylic acid groups (broad SMARTS) is 2. The molecule has 1 aromatic heterocycles. The van der Waals surface area contributed by atoms with Gasteiger partial charge in [0.25, 0.3) is 0 Å². The molecular weight excluding hydrogens is 322 g/mol. The summed E-state index contributed by atoms with van der Waals surface area (Å²) in [5.74, 6) is -1.54. The Labute approximate surface area is 142 Å². The molecule has 2 N–H and O–H groups in total. The molecule has 0 radical (unpaired) electrons. The molecule has 3 rings (SSSR count). The van der Waals surface area contributed by atoms with Gasteiger partial charge in [0, 0.05) is 11.1 Å². The second kappa shape index (κ2) is 6.48. The molecule has 7 heteroatoms. The third kappa shape index (κ3) is 3.35. The predicted molar refractivity (Wildman–Crippen MR) is 89.4 cm³/mol. The molecule has 2 aromatic carbocycles. The lowest BCUT2D eigenvalue weighted by Gasteiger charge is -2.09. The van der Waals surface area contributed by atoms with Gasteiger partial charge in [-0.25, -0.2) is 14.6 Å². The molecule has 0 aliphatic heterocycles. The fourth-order valence-electron chi connectivity index (χ4n) is 2.34. The van der Waals surface area contributed by atoms with Gasteiger partial charge in [0.15, 0.2) is 0 Å². The van der Waals surface area contributed by atoms with E-state index in [0.29, 0.717) is 28.3 Å². The van der Waals surface area contributed by atoms with Crippen LogP contribution in [0.3, 0.4) is 0 Å². The summed E-state index contributed by atoms with van der Waals surface area (Å²) in [6, 6.07) is 12.5. The first-order valence-corrected chi connectivity index (χ1v) is 7.34. The van der Waals surface area contributed by atoms with Gasteiger partial charge in [0.2, 0.25) is 0 Å². The monoisotopic (exact) mass is 335 g/mol. The van der Waals surface area contributed by atoms with E-state index in [2.05, 4.69) is 15.2 Å². The molecule has 3 aromatic rings. The Bertz CT molecular complexity index is 951. The van der Waals surface area contributed by atoms with Crippen LogP contribution in [0.1, 0.15) is 26.5 Å². The van der Waals surface area contributed by atoms with Crippen molar-refractivity contribution in [1.82, 2.24) is 15.2 Å². The zero-order valence-corrected chi connectivity index (χ0v) is 13.2. The van der Waals surface area contributed by atoms with Crippen LogP contribution in [0.25, 0.3) is 22.5 Å². The van der Waals surface area contributed by atoms with Gasteiger partial charge in [-0.2, -0.15) is 0 Å². The zero-order valence-electron chi connectivity index (χ0n) is 13.2. The molecule has 0 fully saturated rings. The second-order valence-corrected chi connectivity index (χ2v) is 5.32. The Morgan fingerprint density at radius 2 is 1.16 bits per heavy atom. The normalized spacial score (nSPS) is 10.4. The molecule has 1 heterocycles. The quantitative estimate of drug-likeness (QED) is 0.753. The van der Waals surface area contributed by atoms with Crippen molar-refractivity contribution < 1.29 is 19.8 Å². The van der Waals surface area contributed by atoms with E-state index in [1.807, 2.05) is 0 Å². The average Bonchev–Trinajstić information content (AvgIpc) is 2.62. The van der Waals surface area contributed by atoms with Crippen molar-refractivity contribution in [3.63, 3.8) is 0 Å². The summed E-state index contributed by atoms with van der Waals surface area (Å²) in [5, 5.41) is 26.2. The van der Waals surface area contributed by atoms with Crippen LogP contribution in [-0.4, -0.2) is 37.3 Å². The highest BCUT2D eigenvalue weighted by atomic mass is 16.4. The lowest BCUT2D eigenvalue weighted by Crippen LogP contribution is -2.01. The summed E-state index contributed by atoms with van der Waals surface area (Å²) >= 11 is 0. The summed E-state index contributed by atoms with van der Waals surface area (Å²) < 4.78 is 0. The maximum absolute atomic E-state index is 11.0. The van der Waals surface area contributed by atoms with Crippen molar-refractivity contribution in [2.45, 2.75) is 6.92 Å². The summed E-state index contributed by atoms with van der Waals surface area (Å²) in [6.07, 6.45) is 0. The maximum atomic E-state index is 11.0. The van der Waals surface area contributed by atoms with Crippen LogP contribution < -0.4 is 0 Å². The summed E-state index contributed by atoms with van der Waals surface area (Å²) in [4.78, 5) is 26.4. The maximum Gasteiger partial charge on any atom is 0.335 e. The van der Waals surface area contributed by atoms with E-state index < -0.39 is 11.9 Å². The third-order valence-electron chi connectivity index (χ3n) is 3.60. The average molecular weight is 335 g/mol. The highest BCUT2D eigenvalue weighted by Crippen LogP contribution is 2.28. The topological polar surface area (TPSA) is 113 Å². The molecule has 0 saturated carbocycles. The molecule has 0 saturated heterocycles. The number of nitrogens with zero attached hydrogens (tertiary/aromatic N) is 3. The largest absolute Gasteiger partial charge is 0.478 e. The number of rotatable bonds is 4. The second-order valence-electron chi connectivity index (χ2n) is 5.32. The molecule has 25 heavy (non-hydrogen) atoms. The molecule has 0 unspecified atom stereocenters. The standard InChI is InChI=1S/C18H13N3O4/c1-10-19-15(11-2-6-13(7-3-11)17(22)23)16(21-20-10)12-4-8-14(9-5-12)18(24)25/h2-9H,1H3,(H,22,23)(H,24,25). The van der Waals surface area contributed by atoms with Crippen molar-refractivity contribution in [3.8, 4) is 22.5 Å². The van der Waals surface area contributed by atoms with Crippen LogP contribution in [0.4, 0.5) is 0 Å². The molecule has 124 valence electrons. The van der Waals surface area contributed by atoms with Gasteiger partial charge < -0.3 is 10.2 Å². The highest BCUT2D eigenvalue weighted by Gasteiger charge is 2.14. The third-order valence-corrected chi connectivity index (χ3v) is 3.60. The van der Waals surface area contributed by atoms with E-state index in [4.69, 9.17) is 10.2 Å². The van der Waals surface area contributed by atoms with Crippen molar-refractivity contribution in [3.05, 3.63) is 65.5 Å².